The molecule has 12 rings (SSSR count). The topological polar surface area (TPSA) is 6.48 Å². The van der Waals surface area contributed by atoms with E-state index in [0.717, 1.165) is 22.7 Å². The van der Waals surface area contributed by atoms with Crippen LogP contribution in [0.2, 0.25) is 0 Å². The molecule has 0 saturated heterocycles. The standard InChI is InChI=1S/C63H50N2/c1-39-17-25-48(26-18-39)64(60-33-41(3)15-21-43(60)5)50-29-23-45-37-56-55-31-24-46-35-51(65(49-27-19-40(2)20-28-49)61-34-42(4)16-22-44(61)6)30-32-52(46)62(55)63(59(56)38-47(45)36-50)57-13-9-7-11-53(57)54-12-8-10-14-58(54)63/h7-38H,1-6H3. The summed E-state index contributed by atoms with van der Waals surface area (Å²) >= 11 is 0. The zero-order chi connectivity index (χ0) is 44.1. The Morgan fingerprint density at radius 2 is 0.785 bits per heavy atom. The molecule has 2 aliphatic carbocycles. The van der Waals surface area contributed by atoms with Gasteiger partial charge in [0.1, 0.15) is 0 Å². The van der Waals surface area contributed by atoms with E-state index >= 15 is 0 Å². The molecule has 0 radical (unpaired) electrons. The third-order valence-electron chi connectivity index (χ3n) is 14.3. The van der Waals surface area contributed by atoms with Crippen LogP contribution in [0.15, 0.2) is 194 Å². The highest BCUT2D eigenvalue weighted by Gasteiger charge is 2.52. The molecule has 1 spiro atoms. The van der Waals surface area contributed by atoms with E-state index in [2.05, 4.69) is 245 Å². The van der Waals surface area contributed by atoms with Gasteiger partial charge in [0.05, 0.1) is 5.41 Å². The summed E-state index contributed by atoms with van der Waals surface area (Å²) in [6.45, 7) is 13.1. The zero-order valence-corrected chi connectivity index (χ0v) is 37.9. The maximum atomic E-state index is 2.53. The molecule has 10 aromatic rings. The van der Waals surface area contributed by atoms with Gasteiger partial charge in [-0.3, -0.25) is 0 Å². The number of hydrogen-bond acceptors (Lipinski definition) is 2. The third-order valence-corrected chi connectivity index (χ3v) is 14.3. The van der Waals surface area contributed by atoms with Crippen molar-refractivity contribution in [2.24, 2.45) is 0 Å². The van der Waals surface area contributed by atoms with Crippen LogP contribution < -0.4 is 9.80 Å². The molecule has 0 fully saturated rings. The van der Waals surface area contributed by atoms with Gasteiger partial charge in [-0.2, -0.15) is 0 Å². The first-order valence-corrected chi connectivity index (χ1v) is 22.9. The summed E-state index contributed by atoms with van der Waals surface area (Å²) in [5, 5.41) is 4.97. The van der Waals surface area contributed by atoms with Gasteiger partial charge in [0.2, 0.25) is 0 Å². The van der Waals surface area contributed by atoms with Crippen LogP contribution in [-0.2, 0) is 5.41 Å². The Balaban J connectivity index is 1.11. The molecule has 0 N–H and O–H groups in total. The number of fused-ring (bicyclic) bond motifs is 13. The lowest BCUT2D eigenvalue weighted by atomic mass is 9.69. The smallest absolute Gasteiger partial charge is 0.0731 e. The molecule has 0 heterocycles. The monoisotopic (exact) mass is 834 g/mol. The van der Waals surface area contributed by atoms with Crippen molar-refractivity contribution in [3.63, 3.8) is 0 Å². The Morgan fingerprint density at radius 3 is 1.35 bits per heavy atom. The van der Waals surface area contributed by atoms with E-state index in [-0.39, 0.29) is 0 Å². The van der Waals surface area contributed by atoms with E-state index in [1.54, 1.807) is 0 Å². The van der Waals surface area contributed by atoms with Crippen molar-refractivity contribution in [2.45, 2.75) is 47.0 Å². The van der Waals surface area contributed by atoms with Gasteiger partial charge in [0.15, 0.2) is 0 Å². The molecule has 312 valence electrons. The highest BCUT2D eigenvalue weighted by Crippen LogP contribution is 2.64. The Bertz CT molecular complexity index is 3510. The average Bonchev–Trinajstić information content (AvgIpc) is 3.78. The van der Waals surface area contributed by atoms with Gasteiger partial charge >= 0.3 is 0 Å². The van der Waals surface area contributed by atoms with Crippen molar-refractivity contribution in [1.29, 1.82) is 0 Å². The predicted octanol–water partition coefficient (Wildman–Crippen LogP) is 17.1. The first-order valence-electron chi connectivity index (χ1n) is 22.9. The van der Waals surface area contributed by atoms with Gasteiger partial charge in [0.25, 0.3) is 0 Å². The number of nitrogens with zero attached hydrogens (tertiary/aromatic N) is 2. The molecule has 0 unspecified atom stereocenters. The SMILES string of the molecule is Cc1ccc(N(c2ccc3cc4c(cc3c2)C2(c3ccccc3-c3ccccc32)c2c-4ccc3cc(N(c4ccc(C)cc4)c4cc(C)ccc4C)ccc23)c2cc(C)ccc2C)cc1. The van der Waals surface area contributed by atoms with Gasteiger partial charge in [-0.1, -0.05) is 132 Å². The van der Waals surface area contributed by atoms with Crippen LogP contribution in [-0.4, -0.2) is 0 Å². The van der Waals surface area contributed by atoms with E-state index in [1.807, 2.05) is 0 Å². The van der Waals surface area contributed by atoms with Crippen molar-refractivity contribution in [1.82, 2.24) is 0 Å². The largest absolute Gasteiger partial charge is 0.310 e. The first-order chi connectivity index (χ1) is 31.7. The third kappa shape index (κ3) is 5.94. The highest BCUT2D eigenvalue weighted by atomic mass is 15.1. The predicted molar refractivity (Wildman–Crippen MR) is 276 cm³/mol. The summed E-state index contributed by atoms with van der Waals surface area (Å²) in [5.74, 6) is 0. The zero-order valence-electron chi connectivity index (χ0n) is 37.9. The van der Waals surface area contributed by atoms with E-state index in [9.17, 15) is 0 Å². The second kappa shape index (κ2) is 14.7. The molecule has 0 aromatic heterocycles. The molecule has 0 amide bonds. The van der Waals surface area contributed by atoms with Gasteiger partial charge in [-0.25, -0.2) is 0 Å². The number of benzene rings is 10. The highest BCUT2D eigenvalue weighted by molar-refractivity contribution is 6.07. The molecule has 0 bridgehead atoms. The normalized spacial score (nSPS) is 12.9. The number of anilines is 6. The van der Waals surface area contributed by atoms with E-state index in [1.165, 1.54) is 111 Å². The van der Waals surface area contributed by atoms with Gasteiger partial charge < -0.3 is 9.80 Å². The van der Waals surface area contributed by atoms with Gasteiger partial charge in [-0.05, 0) is 203 Å². The number of rotatable bonds is 6. The minimum Gasteiger partial charge on any atom is -0.310 e. The fourth-order valence-electron chi connectivity index (χ4n) is 11.1. The second-order valence-corrected chi connectivity index (χ2v) is 18.6. The summed E-state index contributed by atoms with van der Waals surface area (Å²) in [5.41, 5.74) is 24.6. The molecule has 65 heavy (non-hydrogen) atoms. The molecular weight excluding hydrogens is 785 g/mol. The van der Waals surface area contributed by atoms with Gasteiger partial charge in [-0.15, -0.1) is 0 Å². The quantitative estimate of drug-likeness (QED) is 0.165. The number of hydrogen-bond donors (Lipinski definition) is 0. The minimum atomic E-state index is -0.517. The molecule has 2 aliphatic rings. The van der Waals surface area contributed by atoms with Crippen LogP contribution in [0.5, 0.6) is 0 Å². The Morgan fingerprint density at radius 1 is 0.308 bits per heavy atom. The van der Waals surface area contributed by atoms with Crippen LogP contribution >= 0.6 is 0 Å². The summed E-state index contributed by atoms with van der Waals surface area (Å²) in [7, 11) is 0. The molecule has 2 heteroatoms. The summed E-state index contributed by atoms with van der Waals surface area (Å²) in [6.07, 6.45) is 0. The van der Waals surface area contributed by atoms with Crippen molar-refractivity contribution < 1.29 is 0 Å². The maximum Gasteiger partial charge on any atom is 0.0731 e. The summed E-state index contributed by atoms with van der Waals surface area (Å²) in [4.78, 5) is 4.87. The van der Waals surface area contributed by atoms with Crippen LogP contribution in [0.1, 0.15) is 55.6 Å². The van der Waals surface area contributed by atoms with Crippen LogP contribution in [0.3, 0.4) is 0 Å². The Labute approximate surface area is 382 Å². The van der Waals surface area contributed by atoms with Crippen LogP contribution in [0.25, 0.3) is 43.8 Å². The van der Waals surface area contributed by atoms with Crippen molar-refractivity contribution in [3.8, 4) is 22.3 Å². The molecule has 0 atom stereocenters. The fraction of sp³-hybridized carbons (Fsp3) is 0.111. The van der Waals surface area contributed by atoms with E-state index < -0.39 is 5.41 Å². The maximum absolute atomic E-state index is 2.53. The first kappa shape index (κ1) is 39.0. The Kier molecular flexibility index (Phi) is 8.80. The molecule has 0 saturated carbocycles. The van der Waals surface area contributed by atoms with E-state index in [4.69, 9.17) is 0 Å². The summed E-state index contributed by atoms with van der Waals surface area (Å²) in [6, 6.07) is 73.7. The van der Waals surface area contributed by atoms with E-state index in [0.29, 0.717) is 0 Å². The van der Waals surface area contributed by atoms with Crippen molar-refractivity contribution in [3.05, 3.63) is 250 Å². The lowest BCUT2D eigenvalue weighted by Crippen LogP contribution is -2.26. The fourth-order valence-corrected chi connectivity index (χ4v) is 11.1. The van der Waals surface area contributed by atoms with Gasteiger partial charge in [0, 0.05) is 34.1 Å². The minimum absolute atomic E-state index is 0.517. The van der Waals surface area contributed by atoms with Crippen LogP contribution in [0, 0.1) is 41.5 Å². The molecule has 10 aromatic carbocycles. The molecule has 2 nitrogen and oxygen atoms in total. The second-order valence-electron chi connectivity index (χ2n) is 18.6. The van der Waals surface area contributed by atoms with Crippen molar-refractivity contribution >= 4 is 55.7 Å². The molecule has 0 aliphatic heterocycles. The Hall–Kier alpha value is -7.68. The average molecular weight is 835 g/mol. The lowest BCUT2D eigenvalue weighted by Gasteiger charge is -2.32. The summed E-state index contributed by atoms with van der Waals surface area (Å²) < 4.78 is 0. The van der Waals surface area contributed by atoms with Crippen LogP contribution in [0.4, 0.5) is 34.1 Å². The molecular formula is C63H50N2. The number of aryl methyl sites for hydroxylation is 6. The lowest BCUT2D eigenvalue weighted by molar-refractivity contribution is 0.802. The van der Waals surface area contributed by atoms with Crippen molar-refractivity contribution in [2.75, 3.05) is 9.80 Å².